The van der Waals surface area contributed by atoms with Crippen molar-refractivity contribution in [2.45, 2.75) is 51.2 Å². The fourth-order valence-corrected chi connectivity index (χ4v) is 4.32. The average Bonchev–Trinajstić information content (AvgIpc) is 3.20. The highest BCUT2D eigenvalue weighted by Crippen LogP contribution is 2.39. The Bertz CT molecular complexity index is 752. The molecule has 2 N–H and O–H groups in total. The average molecular weight is 431 g/mol. The molecule has 2 aliphatic rings. The van der Waals surface area contributed by atoms with Crippen LogP contribution in [0.1, 0.15) is 50.5 Å². The van der Waals surface area contributed by atoms with Gasteiger partial charge < -0.3 is 24.8 Å². The summed E-state index contributed by atoms with van der Waals surface area (Å²) in [4.78, 5) is 26.4. The molecule has 170 valence electrons. The van der Waals surface area contributed by atoms with Gasteiger partial charge in [-0.15, -0.1) is 0 Å². The molecule has 2 amide bonds. The van der Waals surface area contributed by atoms with Gasteiger partial charge in [0.25, 0.3) is 5.91 Å². The number of likely N-dealkylation sites (tertiary alicyclic amines) is 1. The summed E-state index contributed by atoms with van der Waals surface area (Å²) in [6, 6.07) is 10.0. The number of benzene rings is 1. The molecule has 0 aromatic heterocycles. The van der Waals surface area contributed by atoms with Crippen molar-refractivity contribution in [2.24, 2.45) is 5.92 Å². The molecule has 1 aromatic carbocycles. The Balaban J connectivity index is 1.67. The van der Waals surface area contributed by atoms with Crippen LogP contribution in [-0.2, 0) is 19.1 Å². The number of carbonyl (C=O) groups is 2. The molecule has 1 fully saturated rings. The summed E-state index contributed by atoms with van der Waals surface area (Å²) in [5, 5.41) is 12.3. The highest BCUT2D eigenvalue weighted by atomic mass is 16.7. The minimum atomic E-state index is -0.547. The van der Waals surface area contributed by atoms with Gasteiger partial charge in [0.1, 0.15) is 0 Å². The van der Waals surface area contributed by atoms with E-state index >= 15 is 0 Å². The summed E-state index contributed by atoms with van der Waals surface area (Å²) in [5.74, 6) is 0.167. The van der Waals surface area contributed by atoms with Gasteiger partial charge in [0.2, 0.25) is 12.2 Å². The fraction of sp³-hybridized carbons (Fsp3) is 0.583. The Morgan fingerprint density at radius 2 is 2.10 bits per heavy atom. The van der Waals surface area contributed by atoms with Gasteiger partial charge in [-0.05, 0) is 44.2 Å². The Kier molecular flexibility index (Phi) is 8.91. The summed E-state index contributed by atoms with van der Waals surface area (Å²) >= 11 is 0. The number of hydrogen-bond acceptors (Lipinski definition) is 5. The van der Waals surface area contributed by atoms with Crippen LogP contribution in [0.3, 0.4) is 0 Å². The van der Waals surface area contributed by atoms with Gasteiger partial charge in [-0.2, -0.15) is 0 Å². The van der Waals surface area contributed by atoms with Crippen LogP contribution in [0, 0.1) is 5.92 Å². The fourth-order valence-electron chi connectivity index (χ4n) is 4.32. The molecule has 0 bridgehead atoms. The Hall–Kier alpha value is -2.38. The molecular weight excluding hydrogens is 396 g/mol. The molecule has 0 saturated carbocycles. The number of aliphatic hydroxyl groups excluding tert-OH is 1. The predicted octanol–water partition coefficient (Wildman–Crippen LogP) is 2.56. The molecule has 2 heterocycles. The van der Waals surface area contributed by atoms with Crippen LogP contribution in [-0.4, -0.2) is 61.0 Å². The summed E-state index contributed by atoms with van der Waals surface area (Å²) in [5.41, 5.74) is 1.09. The van der Waals surface area contributed by atoms with Crippen LogP contribution in [0.2, 0.25) is 0 Å². The molecule has 2 aliphatic heterocycles. The van der Waals surface area contributed by atoms with E-state index in [1.807, 2.05) is 48.2 Å². The lowest BCUT2D eigenvalue weighted by Crippen LogP contribution is -2.39. The second-order valence-electron chi connectivity index (χ2n) is 8.03. The van der Waals surface area contributed by atoms with E-state index in [1.54, 1.807) is 0 Å². The number of carbonyl (C=O) groups excluding carboxylic acids is 2. The normalized spacial score (nSPS) is 23.4. The molecule has 0 aliphatic carbocycles. The zero-order valence-corrected chi connectivity index (χ0v) is 18.3. The van der Waals surface area contributed by atoms with Crippen molar-refractivity contribution in [3.63, 3.8) is 0 Å². The molecular formula is C24H34N2O5. The van der Waals surface area contributed by atoms with Gasteiger partial charge in [0.05, 0.1) is 0 Å². The Morgan fingerprint density at radius 1 is 1.29 bits per heavy atom. The first-order valence-electron chi connectivity index (χ1n) is 11.4. The first kappa shape index (κ1) is 23.3. The monoisotopic (exact) mass is 430 g/mol. The van der Waals surface area contributed by atoms with Crippen LogP contribution in [0.4, 0.5) is 0 Å². The predicted molar refractivity (Wildman–Crippen MR) is 117 cm³/mol. The molecule has 7 heteroatoms. The van der Waals surface area contributed by atoms with E-state index in [2.05, 4.69) is 5.32 Å². The van der Waals surface area contributed by atoms with Crippen LogP contribution < -0.4 is 5.32 Å². The second-order valence-corrected chi connectivity index (χ2v) is 8.03. The summed E-state index contributed by atoms with van der Waals surface area (Å²) in [7, 11) is 0. The van der Waals surface area contributed by atoms with Gasteiger partial charge in [-0.1, -0.05) is 30.3 Å². The number of nitrogens with zero attached hydrogens (tertiary/aromatic N) is 1. The van der Waals surface area contributed by atoms with E-state index in [9.17, 15) is 14.7 Å². The van der Waals surface area contributed by atoms with Crippen LogP contribution >= 0.6 is 0 Å². The Morgan fingerprint density at radius 3 is 2.77 bits per heavy atom. The van der Waals surface area contributed by atoms with Gasteiger partial charge in [-0.25, -0.2) is 0 Å². The molecule has 31 heavy (non-hydrogen) atoms. The smallest absolute Gasteiger partial charge is 0.286 e. The van der Waals surface area contributed by atoms with Crippen molar-refractivity contribution in [2.75, 3.05) is 32.8 Å². The number of aliphatic hydroxyl groups is 1. The van der Waals surface area contributed by atoms with Gasteiger partial charge in [0.15, 0.2) is 5.76 Å². The lowest BCUT2D eigenvalue weighted by atomic mass is 9.80. The van der Waals surface area contributed by atoms with Crippen molar-refractivity contribution in [1.82, 2.24) is 10.2 Å². The second kappa shape index (κ2) is 11.9. The maximum Gasteiger partial charge on any atom is 0.286 e. The zero-order valence-electron chi connectivity index (χ0n) is 18.3. The van der Waals surface area contributed by atoms with Gasteiger partial charge in [-0.3, -0.25) is 9.59 Å². The number of rotatable bonds is 11. The highest BCUT2D eigenvalue weighted by Gasteiger charge is 2.37. The van der Waals surface area contributed by atoms with Crippen molar-refractivity contribution < 1.29 is 24.2 Å². The molecule has 0 spiro atoms. The maximum absolute atomic E-state index is 12.8. The largest absolute Gasteiger partial charge is 0.459 e. The van der Waals surface area contributed by atoms with E-state index in [-0.39, 0.29) is 36.0 Å². The lowest BCUT2D eigenvalue weighted by Gasteiger charge is -2.37. The molecule has 0 radical (unpaired) electrons. The quantitative estimate of drug-likeness (QED) is 0.527. The number of amides is 2. The van der Waals surface area contributed by atoms with E-state index in [0.29, 0.717) is 39.0 Å². The first-order valence-corrected chi connectivity index (χ1v) is 11.4. The summed E-state index contributed by atoms with van der Waals surface area (Å²) < 4.78 is 11.8. The first-order chi connectivity index (χ1) is 15.1. The van der Waals surface area contributed by atoms with Gasteiger partial charge in [0, 0.05) is 51.1 Å². The molecule has 1 saturated heterocycles. The van der Waals surface area contributed by atoms with Crippen molar-refractivity contribution >= 4 is 11.8 Å². The third-order valence-electron chi connectivity index (χ3n) is 5.88. The number of allylic oxidation sites excluding steroid dienone is 1. The van der Waals surface area contributed by atoms with Crippen LogP contribution in [0.5, 0.6) is 0 Å². The van der Waals surface area contributed by atoms with E-state index in [4.69, 9.17) is 9.47 Å². The lowest BCUT2D eigenvalue weighted by molar-refractivity contribution is -0.166. The van der Waals surface area contributed by atoms with Crippen molar-refractivity contribution in [3.8, 4) is 0 Å². The topological polar surface area (TPSA) is 88.1 Å². The molecule has 1 aromatic rings. The molecule has 0 unspecified atom stereocenters. The molecule has 3 rings (SSSR count). The SMILES string of the molecule is CCO[C@H]1OC(C(=O)NCCCN2CCCC2=O)=C[C@@H](c2ccccc2)[C@H]1CCCO. The standard InChI is InChI=1S/C24H34N2O5/c1-2-30-24-19(11-7-16-27)20(18-9-4-3-5-10-18)17-21(31-24)23(29)25-13-8-15-26-14-6-12-22(26)28/h3-5,9-10,17,19-20,24,27H,2,6-8,11-16H2,1H3,(H,25,29)/t19-,20+,24+/m1/s1. The molecule has 7 nitrogen and oxygen atoms in total. The number of ether oxygens (including phenoxy) is 2. The Labute approximate surface area is 184 Å². The van der Waals surface area contributed by atoms with Gasteiger partial charge >= 0.3 is 0 Å². The van der Waals surface area contributed by atoms with E-state index in [0.717, 1.165) is 24.9 Å². The number of hydrogen-bond donors (Lipinski definition) is 2. The van der Waals surface area contributed by atoms with Crippen LogP contribution in [0.15, 0.2) is 42.2 Å². The third kappa shape index (κ3) is 6.31. The minimum absolute atomic E-state index is 0.00669. The zero-order chi connectivity index (χ0) is 22.1. The van der Waals surface area contributed by atoms with Crippen molar-refractivity contribution in [3.05, 3.63) is 47.7 Å². The van der Waals surface area contributed by atoms with E-state index < -0.39 is 6.29 Å². The maximum atomic E-state index is 12.8. The van der Waals surface area contributed by atoms with Crippen LogP contribution in [0.25, 0.3) is 0 Å². The minimum Gasteiger partial charge on any atom is -0.459 e. The third-order valence-corrected chi connectivity index (χ3v) is 5.88. The molecule has 3 atom stereocenters. The number of nitrogens with one attached hydrogen (secondary N) is 1. The summed E-state index contributed by atoms with van der Waals surface area (Å²) in [6.45, 7) is 4.43. The van der Waals surface area contributed by atoms with E-state index in [1.165, 1.54) is 0 Å². The van der Waals surface area contributed by atoms with Crippen molar-refractivity contribution in [1.29, 1.82) is 0 Å². The highest BCUT2D eigenvalue weighted by molar-refractivity contribution is 5.91. The summed E-state index contributed by atoms with van der Waals surface area (Å²) in [6.07, 6.45) is 4.97.